The Kier molecular flexibility index (Phi) is 4.71. The van der Waals surface area contributed by atoms with Crippen LogP contribution in [0.15, 0.2) is 24.3 Å². The summed E-state index contributed by atoms with van der Waals surface area (Å²) in [7, 11) is 2.69. The summed E-state index contributed by atoms with van der Waals surface area (Å²) in [6, 6.07) is 4.55. The topological polar surface area (TPSA) is 102 Å². The molecule has 0 aliphatic carbocycles. The van der Waals surface area contributed by atoms with E-state index in [-0.39, 0.29) is 28.9 Å². The molecular formula is C13H12F3N5O3. The third kappa shape index (κ3) is 3.80. The summed E-state index contributed by atoms with van der Waals surface area (Å²) in [5, 5.41) is 16.0. The lowest BCUT2D eigenvalue weighted by Crippen LogP contribution is -2.12. The lowest BCUT2D eigenvalue weighted by atomic mass is 10.2. The summed E-state index contributed by atoms with van der Waals surface area (Å²) < 4.78 is 43.5. The van der Waals surface area contributed by atoms with Crippen molar-refractivity contribution in [2.24, 2.45) is 0 Å². The Morgan fingerprint density at radius 3 is 2.50 bits per heavy atom. The zero-order chi connectivity index (χ0) is 17.9. The maximum Gasteiger partial charge on any atom is 0.433 e. The number of ether oxygens (including phenoxy) is 1. The number of aromatic nitrogens is 2. The third-order valence-corrected chi connectivity index (χ3v) is 2.90. The van der Waals surface area contributed by atoms with Crippen LogP contribution >= 0.6 is 0 Å². The van der Waals surface area contributed by atoms with Crippen LogP contribution in [0.25, 0.3) is 0 Å². The lowest BCUT2D eigenvalue weighted by Gasteiger charge is -2.12. The van der Waals surface area contributed by atoms with E-state index in [0.717, 1.165) is 6.07 Å². The van der Waals surface area contributed by atoms with Gasteiger partial charge in [-0.25, -0.2) is 4.98 Å². The number of nitro benzene ring substituents is 1. The first-order valence-electron chi connectivity index (χ1n) is 6.48. The number of alkyl halides is 3. The number of methoxy groups -OCH3 is 1. The van der Waals surface area contributed by atoms with E-state index >= 15 is 0 Å². The minimum atomic E-state index is -4.68. The van der Waals surface area contributed by atoms with Crippen molar-refractivity contribution < 1.29 is 22.8 Å². The van der Waals surface area contributed by atoms with Crippen molar-refractivity contribution in [2.75, 3.05) is 24.8 Å². The molecule has 1 aromatic carbocycles. The molecule has 8 nitrogen and oxygen atoms in total. The molecule has 0 amide bonds. The van der Waals surface area contributed by atoms with Crippen molar-refractivity contribution in [2.45, 2.75) is 6.18 Å². The number of hydrogen-bond donors (Lipinski definition) is 2. The van der Waals surface area contributed by atoms with E-state index in [0.29, 0.717) is 6.07 Å². The molecule has 0 saturated carbocycles. The largest absolute Gasteiger partial charge is 0.496 e. The molecule has 24 heavy (non-hydrogen) atoms. The molecule has 0 aliphatic rings. The number of anilines is 3. The van der Waals surface area contributed by atoms with Gasteiger partial charge in [-0.2, -0.15) is 18.2 Å². The molecule has 1 heterocycles. The molecule has 128 valence electrons. The maximum atomic E-state index is 12.9. The number of benzene rings is 1. The first kappa shape index (κ1) is 17.2. The Balaban J connectivity index is 2.46. The first-order chi connectivity index (χ1) is 11.2. The molecule has 2 rings (SSSR count). The molecule has 1 aromatic heterocycles. The van der Waals surface area contributed by atoms with E-state index in [1.807, 2.05) is 0 Å². The van der Waals surface area contributed by atoms with Crippen molar-refractivity contribution in [1.29, 1.82) is 0 Å². The van der Waals surface area contributed by atoms with Gasteiger partial charge in [0.2, 0.25) is 5.95 Å². The Hall–Kier alpha value is -3.11. The van der Waals surface area contributed by atoms with Crippen LogP contribution in [0.4, 0.5) is 36.3 Å². The van der Waals surface area contributed by atoms with Gasteiger partial charge in [0.15, 0.2) is 5.69 Å². The Bertz CT molecular complexity index is 767. The number of nitro groups is 1. The Morgan fingerprint density at radius 1 is 1.25 bits per heavy atom. The lowest BCUT2D eigenvalue weighted by molar-refractivity contribution is -0.384. The average molecular weight is 343 g/mol. The predicted octanol–water partition coefficient (Wildman–Crippen LogP) is 3.20. The summed E-state index contributed by atoms with van der Waals surface area (Å²) in [5.41, 5.74) is -1.58. The maximum absolute atomic E-state index is 12.9. The first-order valence-corrected chi connectivity index (χ1v) is 6.48. The quantitative estimate of drug-likeness (QED) is 0.635. The van der Waals surface area contributed by atoms with Crippen LogP contribution in [-0.2, 0) is 6.18 Å². The van der Waals surface area contributed by atoms with Crippen LogP contribution in [0, 0.1) is 10.1 Å². The van der Waals surface area contributed by atoms with E-state index in [1.165, 1.54) is 26.3 Å². The van der Waals surface area contributed by atoms with Crippen molar-refractivity contribution in [3.05, 3.63) is 40.1 Å². The average Bonchev–Trinajstić information content (AvgIpc) is 2.53. The highest BCUT2D eigenvalue weighted by Gasteiger charge is 2.34. The fourth-order valence-corrected chi connectivity index (χ4v) is 1.80. The normalized spacial score (nSPS) is 11.0. The van der Waals surface area contributed by atoms with Crippen molar-refractivity contribution in [3.8, 4) is 5.75 Å². The molecule has 0 aliphatic heterocycles. The van der Waals surface area contributed by atoms with Crippen molar-refractivity contribution >= 4 is 23.1 Å². The highest BCUT2D eigenvalue weighted by atomic mass is 19.4. The molecule has 0 fully saturated rings. The van der Waals surface area contributed by atoms with Gasteiger partial charge in [0, 0.05) is 13.1 Å². The zero-order valence-electron chi connectivity index (χ0n) is 12.5. The van der Waals surface area contributed by atoms with E-state index < -0.39 is 16.8 Å². The minimum Gasteiger partial charge on any atom is -0.496 e. The molecule has 2 aromatic rings. The highest BCUT2D eigenvalue weighted by molar-refractivity contribution is 5.69. The number of hydrogen-bond acceptors (Lipinski definition) is 7. The zero-order valence-corrected chi connectivity index (χ0v) is 12.5. The van der Waals surface area contributed by atoms with Gasteiger partial charge in [-0.15, -0.1) is 0 Å². The van der Waals surface area contributed by atoms with E-state index in [2.05, 4.69) is 20.6 Å². The van der Waals surface area contributed by atoms with Gasteiger partial charge in [0.25, 0.3) is 5.69 Å². The van der Waals surface area contributed by atoms with Crippen LogP contribution < -0.4 is 15.4 Å². The number of nitrogens with one attached hydrogen (secondary N) is 2. The second kappa shape index (κ2) is 6.56. The standard InChI is InChI=1S/C13H12F3N5O3/c1-17-12-19-10(13(14,15)16)6-11(20-12)18-8-4-3-7(24-2)5-9(8)21(22)23/h3-6H,1-2H3,(H2,17,18,19,20). The van der Waals surface area contributed by atoms with Gasteiger partial charge in [0.05, 0.1) is 18.1 Å². The van der Waals surface area contributed by atoms with Gasteiger partial charge in [-0.1, -0.05) is 0 Å². The van der Waals surface area contributed by atoms with Gasteiger partial charge in [-0.3, -0.25) is 10.1 Å². The van der Waals surface area contributed by atoms with Crippen molar-refractivity contribution in [1.82, 2.24) is 9.97 Å². The molecule has 0 spiro atoms. The van der Waals surface area contributed by atoms with E-state index in [1.54, 1.807) is 0 Å². The summed E-state index contributed by atoms with van der Waals surface area (Å²) in [5.74, 6) is -0.278. The summed E-state index contributed by atoms with van der Waals surface area (Å²) in [4.78, 5) is 17.6. The van der Waals surface area contributed by atoms with Gasteiger partial charge in [0.1, 0.15) is 17.3 Å². The number of nitrogens with zero attached hydrogens (tertiary/aromatic N) is 3. The fraction of sp³-hybridized carbons (Fsp3) is 0.231. The SMILES string of the molecule is CNc1nc(Nc2ccc(OC)cc2[N+](=O)[O-])cc(C(F)(F)F)n1. The summed E-state index contributed by atoms with van der Waals surface area (Å²) >= 11 is 0. The van der Waals surface area contributed by atoms with Crippen LogP contribution in [0.1, 0.15) is 5.69 Å². The van der Waals surface area contributed by atoms with Gasteiger partial charge in [-0.05, 0) is 12.1 Å². The molecular weight excluding hydrogens is 331 g/mol. The van der Waals surface area contributed by atoms with E-state index in [9.17, 15) is 23.3 Å². The molecule has 0 saturated heterocycles. The third-order valence-electron chi connectivity index (χ3n) is 2.90. The molecule has 11 heteroatoms. The minimum absolute atomic E-state index is 0.0327. The summed E-state index contributed by atoms with van der Waals surface area (Å²) in [6.07, 6.45) is -4.68. The molecule has 0 radical (unpaired) electrons. The van der Waals surface area contributed by atoms with Crippen LogP contribution in [0.2, 0.25) is 0 Å². The number of rotatable bonds is 5. The molecule has 2 N–H and O–H groups in total. The highest BCUT2D eigenvalue weighted by Crippen LogP contribution is 2.33. The fourth-order valence-electron chi connectivity index (χ4n) is 1.80. The molecule has 0 bridgehead atoms. The predicted molar refractivity (Wildman–Crippen MR) is 79.5 cm³/mol. The van der Waals surface area contributed by atoms with Gasteiger partial charge < -0.3 is 15.4 Å². The Morgan fingerprint density at radius 2 is 1.96 bits per heavy atom. The van der Waals surface area contributed by atoms with Gasteiger partial charge >= 0.3 is 6.18 Å². The molecule has 0 unspecified atom stereocenters. The Labute approximate surface area is 133 Å². The monoisotopic (exact) mass is 343 g/mol. The van der Waals surface area contributed by atoms with E-state index in [4.69, 9.17) is 4.74 Å². The van der Waals surface area contributed by atoms with Crippen molar-refractivity contribution in [3.63, 3.8) is 0 Å². The number of halogens is 3. The summed E-state index contributed by atoms with van der Waals surface area (Å²) in [6.45, 7) is 0. The smallest absolute Gasteiger partial charge is 0.433 e. The molecule has 0 atom stereocenters. The second-order valence-corrected chi connectivity index (χ2v) is 4.47. The van der Waals surface area contributed by atoms with Crippen LogP contribution in [-0.4, -0.2) is 29.0 Å². The second-order valence-electron chi connectivity index (χ2n) is 4.47. The van der Waals surface area contributed by atoms with Crippen LogP contribution in [0.3, 0.4) is 0 Å². The van der Waals surface area contributed by atoms with Crippen LogP contribution in [0.5, 0.6) is 5.75 Å².